The first kappa shape index (κ1) is 15.5. The highest BCUT2D eigenvalue weighted by Gasteiger charge is 2.33. The molecule has 2 unspecified atom stereocenters. The molecule has 122 valence electrons. The Kier molecular flexibility index (Phi) is 4.03. The quantitative estimate of drug-likeness (QED) is 0.837. The van der Waals surface area contributed by atoms with Crippen LogP contribution in [-0.2, 0) is 9.47 Å². The topological polar surface area (TPSA) is 82.9 Å². The Hall–Kier alpha value is -2.43. The van der Waals surface area contributed by atoms with Gasteiger partial charge < -0.3 is 20.9 Å². The molecule has 0 spiro atoms. The van der Waals surface area contributed by atoms with Gasteiger partial charge in [0.05, 0.1) is 5.76 Å². The number of anilines is 1. The van der Waals surface area contributed by atoms with Crippen molar-refractivity contribution in [2.75, 3.05) is 18.9 Å². The largest absolute Gasteiger partial charge is 0.495 e. The molecule has 0 saturated carbocycles. The molecule has 1 heterocycles. The summed E-state index contributed by atoms with van der Waals surface area (Å²) >= 11 is 0. The van der Waals surface area contributed by atoms with Crippen LogP contribution in [0.15, 0.2) is 52.9 Å². The van der Waals surface area contributed by atoms with Crippen molar-refractivity contribution >= 4 is 11.6 Å². The van der Waals surface area contributed by atoms with Gasteiger partial charge in [-0.2, -0.15) is 0 Å². The van der Waals surface area contributed by atoms with Crippen LogP contribution in [0.4, 0.5) is 5.69 Å². The van der Waals surface area contributed by atoms with Crippen molar-refractivity contribution in [3.8, 4) is 0 Å². The summed E-state index contributed by atoms with van der Waals surface area (Å²) in [4.78, 5) is 4.70. The Morgan fingerprint density at radius 2 is 2.00 bits per heavy atom. The number of hydrogen-bond donors (Lipinski definition) is 2. The predicted octanol–water partition coefficient (Wildman–Crippen LogP) is 2.59. The van der Waals surface area contributed by atoms with Gasteiger partial charge in [0.1, 0.15) is 18.8 Å². The number of aliphatic imine (C=N–C) groups is 1. The lowest BCUT2D eigenvalue weighted by Crippen LogP contribution is -2.30. The lowest BCUT2D eigenvalue weighted by atomic mass is 9.98. The maximum absolute atomic E-state index is 5.95. The molecule has 23 heavy (non-hydrogen) atoms. The summed E-state index contributed by atoms with van der Waals surface area (Å²) in [6.45, 7) is 5.12. The minimum Gasteiger partial charge on any atom is -0.495 e. The lowest BCUT2D eigenvalue weighted by molar-refractivity contribution is 0.122. The molecule has 4 N–H and O–H groups in total. The average molecular weight is 313 g/mol. The second kappa shape index (κ2) is 5.99. The van der Waals surface area contributed by atoms with Gasteiger partial charge in [-0.15, -0.1) is 0 Å². The monoisotopic (exact) mass is 313 g/mol. The Morgan fingerprint density at radius 1 is 1.26 bits per heavy atom. The summed E-state index contributed by atoms with van der Waals surface area (Å²) < 4.78 is 11.7. The van der Waals surface area contributed by atoms with Gasteiger partial charge in [0.25, 0.3) is 0 Å². The lowest BCUT2D eigenvalue weighted by Gasteiger charge is -2.23. The third-order valence-corrected chi connectivity index (χ3v) is 4.16. The Balaban J connectivity index is 1.65. The van der Waals surface area contributed by atoms with Crippen molar-refractivity contribution in [3.63, 3.8) is 0 Å². The van der Waals surface area contributed by atoms with Crippen molar-refractivity contribution < 1.29 is 9.47 Å². The Morgan fingerprint density at radius 3 is 2.70 bits per heavy atom. The molecule has 0 aromatic heterocycles. The fraction of sp³-hybridized carbons (Fsp3) is 0.389. The highest BCUT2D eigenvalue weighted by atomic mass is 16.5. The van der Waals surface area contributed by atoms with Gasteiger partial charge in [0, 0.05) is 29.3 Å². The van der Waals surface area contributed by atoms with Crippen LogP contribution in [0.1, 0.15) is 25.8 Å². The maximum Gasteiger partial charge on any atom is 0.216 e. The molecule has 0 radical (unpaired) electrons. The summed E-state index contributed by atoms with van der Waals surface area (Å²) in [5, 5.41) is 0. The van der Waals surface area contributed by atoms with Crippen molar-refractivity contribution in [2.45, 2.75) is 25.8 Å². The molecule has 0 saturated heterocycles. The van der Waals surface area contributed by atoms with E-state index in [1.807, 2.05) is 43.3 Å². The smallest absolute Gasteiger partial charge is 0.216 e. The van der Waals surface area contributed by atoms with Crippen LogP contribution < -0.4 is 11.5 Å². The number of rotatable bonds is 4. The fourth-order valence-electron chi connectivity index (χ4n) is 2.58. The average Bonchev–Trinajstić information content (AvgIpc) is 2.92. The normalized spacial score (nSPS) is 26.9. The zero-order valence-corrected chi connectivity index (χ0v) is 13.6. The molecule has 3 rings (SSSR count). The van der Waals surface area contributed by atoms with Crippen molar-refractivity contribution in [2.24, 2.45) is 16.6 Å². The highest BCUT2D eigenvalue weighted by molar-refractivity contribution is 5.95. The van der Waals surface area contributed by atoms with Crippen LogP contribution in [0, 0.1) is 5.92 Å². The minimum absolute atomic E-state index is 0.316. The number of benzene rings is 1. The van der Waals surface area contributed by atoms with Crippen molar-refractivity contribution in [1.82, 2.24) is 0 Å². The van der Waals surface area contributed by atoms with Gasteiger partial charge in [0.2, 0.25) is 5.90 Å². The number of allylic oxidation sites excluding steroid dienone is 4. The van der Waals surface area contributed by atoms with Crippen LogP contribution >= 0.6 is 0 Å². The van der Waals surface area contributed by atoms with Crippen molar-refractivity contribution in [3.05, 3.63) is 53.4 Å². The second-order valence-electron chi connectivity index (χ2n) is 6.52. The molecule has 5 heteroatoms. The molecule has 1 aliphatic carbocycles. The van der Waals surface area contributed by atoms with E-state index in [2.05, 4.69) is 6.92 Å². The van der Waals surface area contributed by atoms with Crippen molar-refractivity contribution in [1.29, 1.82) is 0 Å². The molecule has 5 nitrogen and oxygen atoms in total. The fourth-order valence-corrected chi connectivity index (χ4v) is 2.58. The number of ether oxygens (including phenoxy) is 2. The van der Waals surface area contributed by atoms with E-state index in [-0.39, 0.29) is 5.54 Å². The van der Waals surface area contributed by atoms with E-state index < -0.39 is 0 Å². The molecular formula is C18H23N3O2. The van der Waals surface area contributed by atoms with Gasteiger partial charge in [0.15, 0.2) is 0 Å². The summed E-state index contributed by atoms with van der Waals surface area (Å²) in [6, 6.07) is 7.52. The van der Waals surface area contributed by atoms with E-state index in [0.29, 0.717) is 25.0 Å². The standard InChI is InChI=1S/C18H23N3O2/c1-12-9-15(7-8-16(12)20)22-10-18(2)11-23-17(21-18)13-3-5-14(19)6-4-13/h3-8,12H,9-11,19-20H2,1-2H3. The molecule has 2 aliphatic rings. The van der Waals surface area contributed by atoms with Crippen LogP contribution in [0.2, 0.25) is 0 Å². The second-order valence-corrected chi connectivity index (χ2v) is 6.52. The number of nitrogens with two attached hydrogens (primary N) is 2. The molecule has 1 aromatic rings. The zero-order valence-electron chi connectivity index (χ0n) is 13.6. The van der Waals surface area contributed by atoms with Crippen LogP contribution in [0.25, 0.3) is 0 Å². The van der Waals surface area contributed by atoms with Crippen LogP contribution in [0.3, 0.4) is 0 Å². The van der Waals surface area contributed by atoms with Gasteiger partial charge in [-0.3, -0.25) is 0 Å². The van der Waals surface area contributed by atoms with E-state index in [1.165, 1.54) is 0 Å². The molecular weight excluding hydrogens is 290 g/mol. The highest BCUT2D eigenvalue weighted by Crippen LogP contribution is 2.27. The first-order valence-corrected chi connectivity index (χ1v) is 7.83. The molecule has 2 atom stereocenters. The van der Waals surface area contributed by atoms with E-state index in [9.17, 15) is 0 Å². The number of nitrogen functional groups attached to an aromatic ring is 1. The SMILES string of the molecule is CC1CC(OCC2(C)COC(c3ccc(N)cc3)=N2)=CC=C1N. The summed E-state index contributed by atoms with van der Waals surface area (Å²) in [5.74, 6) is 1.91. The Bertz CT molecular complexity index is 676. The molecule has 0 amide bonds. The third kappa shape index (κ3) is 3.50. The first-order chi connectivity index (χ1) is 11.0. The summed E-state index contributed by atoms with van der Waals surface area (Å²) in [7, 11) is 0. The zero-order chi connectivity index (χ0) is 16.4. The summed E-state index contributed by atoms with van der Waals surface area (Å²) in [5.41, 5.74) is 13.8. The first-order valence-electron chi connectivity index (χ1n) is 7.83. The van der Waals surface area contributed by atoms with Crippen LogP contribution in [-0.4, -0.2) is 24.7 Å². The predicted molar refractivity (Wildman–Crippen MR) is 91.8 cm³/mol. The van der Waals surface area contributed by atoms with E-state index in [4.69, 9.17) is 25.9 Å². The number of hydrogen-bond acceptors (Lipinski definition) is 5. The Labute approximate surface area is 136 Å². The van der Waals surface area contributed by atoms with E-state index in [1.54, 1.807) is 0 Å². The van der Waals surface area contributed by atoms with E-state index >= 15 is 0 Å². The minimum atomic E-state index is -0.381. The number of nitrogens with zero attached hydrogens (tertiary/aromatic N) is 1. The van der Waals surface area contributed by atoms with Gasteiger partial charge in [-0.1, -0.05) is 6.92 Å². The van der Waals surface area contributed by atoms with Gasteiger partial charge >= 0.3 is 0 Å². The molecule has 1 aromatic carbocycles. The third-order valence-electron chi connectivity index (χ3n) is 4.16. The molecule has 1 aliphatic heterocycles. The summed E-state index contributed by atoms with van der Waals surface area (Å²) in [6.07, 6.45) is 4.69. The van der Waals surface area contributed by atoms with Gasteiger partial charge in [-0.05, 0) is 43.3 Å². The van der Waals surface area contributed by atoms with E-state index in [0.717, 1.165) is 29.1 Å². The maximum atomic E-state index is 5.95. The molecule has 0 bridgehead atoms. The van der Waals surface area contributed by atoms with Gasteiger partial charge in [-0.25, -0.2) is 4.99 Å². The van der Waals surface area contributed by atoms with Crippen LogP contribution in [0.5, 0.6) is 0 Å². The molecule has 0 fully saturated rings.